The molecule has 2 amide bonds. The van der Waals surface area contributed by atoms with Crippen LogP contribution in [0.4, 0.5) is 0 Å². The second-order valence-corrected chi connectivity index (χ2v) is 5.83. The van der Waals surface area contributed by atoms with Gasteiger partial charge in [-0.1, -0.05) is 6.92 Å². The average Bonchev–Trinajstić information content (AvgIpc) is 2.81. The predicted molar refractivity (Wildman–Crippen MR) is 80.8 cm³/mol. The third-order valence-electron chi connectivity index (χ3n) is 4.05. The summed E-state index contributed by atoms with van der Waals surface area (Å²) in [6, 6.07) is 5.60. The van der Waals surface area contributed by atoms with Crippen LogP contribution < -0.4 is 10.9 Å². The maximum absolute atomic E-state index is 12.0. The molecular weight excluding hydrogens is 266 g/mol. The van der Waals surface area contributed by atoms with Crippen LogP contribution >= 0.6 is 0 Å². The van der Waals surface area contributed by atoms with Gasteiger partial charge in [-0.25, -0.2) is 0 Å². The summed E-state index contributed by atoms with van der Waals surface area (Å²) in [6.45, 7) is 3.61. The maximum Gasteiger partial charge on any atom is 0.269 e. The van der Waals surface area contributed by atoms with E-state index in [-0.39, 0.29) is 11.8 Å². The Kier molecular flexibility index (Phi) is 3.41. The fourth-order valence-electron chi connectivity index (χ4n) is 2.95. The Morgan fingerprint density at radius 2 is 2.10 bits per heavy atom. The van der Waals surface area contributed by atoms with Crippen molar-refractivity contribution in [1.29, 1.82) is 0 Å². The number of nitrogens with one attached hydrogen (secondary N) is 3. The maximum atomic E-state index is 12.0. The van der Waals surface area contributed by atoms with Gasteiger partial charge in [0.25, 0.3) is 5.91 Å². The van der Waals surface area contributed by atoms with E-state index in [1.807, 2.05) is 12.1 Å². The molecule has 3 N–H and O–H groups in total. The van der Waals surface area contributed by atoms with Gasteiger partial charge in [-0.2, -0.15) is 0 Å². The van der Waals surface area contributed by atoms with E-state index in [0.717, 1.165) is 23.7 Å². The minimum absolute atomic E-state index is 0.294. The highest BCUT2D eigenvalue weighted by Crippen LogP contribution is 2.32. The highest BCUT2D eigenvalue weighted by molar-refractivity contribution is 5.99. The number of rotatable bonds is 1. The molecule has 1 aliphatic rings. The van der Waals surface area contributed by atoms with Gasteiger partial charge in [-0.05, 0) is 48.9 Å². The molecule has 0 unspecified atom stereocenters. The molecule has 0 spiro atoms. The van der Waals surface area contributed by atoms with Crippen LogP contribution in [0.3, 0.4) is 0 Å². The molecule has 110 valence electrons. The largest absolute Gasteiger partial charge is 0.358 e. The van der Waals surface area contributed by atoms with E-state index < -0.39 is 0 Å². The molecule has 3 rings (SSSR count). The first-order chi connectivity index (χ1) is 10.0. The second kappa shape index (κ2) is 5.24. The quantitative estimate of drug-likeness (QED) is 0.702. The van der Waals surface area contributed by atoms with E-state index in [0.29, 0.717) is 11.5 Å². The molecule has 21 heavy (non-hydrogen) atoms. The number of hydrazine groups is 1. The normalized spacial score (nSPS) is 17.3. The average molecular weight is 285 g/mol. The number of benzene rings is 1. The smallest absolute Gasteiger partial charge is 0.269 e. The summed E-state index contributed by atoms with van der Waals surface area (Å²) >= 11 is 0. The first kappa shape index (κ1) is 13.7. The van der Waals surface area contributed by atoms with Crippen LogP contribution in [0.2, 0.25) is 0 Å². The van der Waals surface area contributed by atoms with E-state index in [4.69, 9.17) is 0 Å². The Morgan fingerprint density at radius 1 is 1.29 bits per heavy atom. The van der Waals surface area contributed by atoms with Crippen molar-refractivity contribution in [2.75, 3.05) is 0 Å². The lowest BCUT2D eigenvalue weighted by atomic mass is 9.87. The van der Waals surface area contributed by atoms with Crippen LogP contribution in [0.15, 0.2) is 18.2 Å². The Labute approximate surface area is 123 Å². The number of carbonyl (C=O) groups excluding carboxylic acids is 2. The van der Waals surface area contributed by atoms with Gasteiger partial charge in [-0.15, -0.1) is 0 Å². The van der Waals surface area contributed by atoms with Crippen molar-refractivity contribution in [2.24, 2.45) is 5.92 Å². The van der Waals surface area contributed by atoms with Crippen LogP contribution in [0.5, 0.6) is 0 Å². The zero-order valence-corrected chi connectivity index (χ0v) is 12.2. The van der Waals surface area contributed by atoms with Crippen molar-refractivity contribution in [2.45, 2.75) is 33.1 Å². The van der Waals surface area contributed by atoms with Crippen LogP contribution in [0.25, 0.3) is 10.9 Å². The van der Waals surface area contributed by atoms with Crippen LogP contribution in [-0.2, 0) is 17.6 Å². The summed E-state index contributed by atoms with van der Waals surface area (Å²) in [5.41, 5.74) is 8.96. The summed E-state index contributed by atoms with van der Waals surface area (Å²) in [4.78, 5) is 26.3. The van der Waals surface area contributed by atoms with Gasteiger partial charge >= 0.3 is 0 Å². The van der Waals surface area contributed by atoms with Gasteiger partial charge in [-0.3, -0.25) is 20.4 Å². The number of hydrogen-bond acceptors (Lipinski definition) is 2. The molecule has 0 bridgehead atoms. The topological polar surface area (TPSA) is 74.0 Å². The number of aromatic amines is 1. The predicted octanol–water partition coefficient (Wildman–Crippen LogP) is 2.07. The number of amides is 2. The first-order valence-electron chi connectivity index (χ1n) is 7.25. The summed E-state index contributed by atoms with van der Waals surface area (Å²) < 4.78 is 0. The molecule has 1 heterocycles. The van der Waals surface area contributed by atoms with Crippen molar-refractivity contribution in [1.82, 2.24) is 15.8 Å². The molecule has 1 aromatic carbocycles. The lowest BCUT2D eigenvalue weighted by molar-refractivity contribution is -0.119. The van der Waals surface area contributed by atoms with E-state index in [2.05, 4.69) is 22.8 Å². The molecule has 1 aromatic heterocycles. The molecule has 1 aliphatic carbocycles. The molecule has 2 aromatic rings. The standard InChI is InChI=1S/C16H19N3O2/c1-9-3-5-14-12(7-9)13-8-11(4-6-15(13)17-14)16(21)19-18-10(2)20/h4,6,8-9,17H,3,5,7H2,1-2H3,(H,18,20)(H,19,21)/t9-/m0/s1. The molecule has 0 fully saturated rings. The summed E-state index contributed by atoms with van der Waals surface area (Å²) in [5, 5.41) is 1.12. The molecule has 0 radical (unpaired) electrons. The molecule has 0 saturated heterocycles. The van der Waals surface area contributed by atoms with E-state index in [1.54, 1.807) is 6.07 Å². The Morgan fingerprint density at radius 3 is 2.86 bits per heavy atom. The third kappa shape index (κ3) is 2.63. The van der Waals surface area contributed by atoms with Crippen molar-refractivity contribution in [3.63, 3.8) is 0 Å². The molecule has 1 atom stereocenters. The van der Waals surface area contributed by atoms with Gasteiger partial charge < -0.3 is 4.98 Å². The molecule has 5 nitrogen and oxygen atoms in total. The minimum Gasteiger partial charge on any atom is -0.358 e. The van der Waals surface area contributed by atoms with E-state index >= 15 is 0 Å². The van der Waals surface area contributed by atoms with Gasteiger partial charge in [0.1, 0.15) is 0 Å². The van der Waals surface area contributed by atoms with E-state index in [1.165, 1.54) is 24.6 Å². The lowest BCUT2D eigenvalue weighted by Gasteiger charge is -2.18. The molecule has 0 saturated carbocycles. The number of fused-ring (bicyclic) bond motifs is 3. The lowest BCUT2D eigenvalue weighted by Crippen LogP contribution is -2.40. The van der Waals surface area contributed by atoms with Crippen molar-refractivity contribution in [3.8, 4) is 0 Å². The second-order valence-electron chi connectivity index (χ2n) is 5.83. The minimum atomic E-state index is -0.300. The van der Waals surface area contributed by atoms with Gasteiger partial charge in [0.15, 0.2) is 0 Å². The fourth-order valence-corrected chi connectivity index (χ4v) is 2.95. The fraction of sp³-hybridized carbons (Fsp3) is 0.375. The van der Waals surface area contributed by atoms with Gasteiger partial charge in [0.05, 0.1) is 0 Å². The van der Waals surface area contributed by atoms with Crippen molar-refractivity contribution < 1.29 is 9.59 Å². The number of carbonyl (C=O) groups is 2. The SMILES string of the molecule is CC(=O)NNC(=O)c1ccc2[nH]c3c(c2c1)C[C@@H](C)CC3. The highest BCUT2D eigenvalue weighted by atomic mass is 16.2. The zero-order valence-electron chi connectivity index (χ0n) is 12.2. The zero-order chi connectivity index (χ0) is 15.0. The Hall–Kier alpha value is -2.30. The number of aromatic nitrogens is 1. The first-order valence-corrected chi connectivity index (χ1v) is 7.25. The number of H-pyrrole nitrogens is 1. The molecule has 0 aliphatic heterocycles. The molecule has 5 heteroatoms. The van der Waals surface area contributed by atoms with Crippen LogP contribution in [0, 0.1) is 5.92 Å². The summed E-state index contributed by atoms with van der Waals surface area (Å²) in [5.74, 6) is 0.0801. The third-order valence-corrected chi connectivity index (χ3v) is 4.05. The molecular formula is C16H19N3O2. The van der Waals surface area contributed by atoms with Crippen molar-refractivity contribution in [3.05, 3.63) is 35.0 Å². The van der Waals surface area contributed by atoms with Crippen LogP contribution in [-0.4, -0.2) is 16.8 Å². The van der Waals surface area contributed by atoms with E-state index in [9.17, 15) is 9.59 Å². The van der Waals surface area contributed by atoms with Crippen molar-refractivity contribution >= 4 is 22.7 Å². The highest BCUT2D eigenvalue weighted by Gasteiger charge is 2.20. The summed E-state index contributed by atoms with van der Waals surface area (Å²) in [6.07, 6.45) is 3.32. The number of hydrogen-bond donors (Lipinski definition) is 3. The van der Waals surface area contributed by atoms with Gasteiger partial charge in [0.2, 0.25) is 5.91 Å². The monoisotopic (exact) mass is 285 g/mol. The number of aryl methyl sites for hydroxylation is 1. The van der Waals surface area contributed by atoms with Gasteiger partial charge in [0, 0.05) is 29.1 Å². The Balaban J connectivity index is 1.94. The Bertz CT molecular complexity index is 718. The summed E-state index contributed by atoms with van der Waals surface area (Å²) in [7, 11) is 0. The van der Waals surface area contributed by atoms with Crippen LogP contribution in [0.1, 0.15) is 41.9 Å².